The van der Waals surface area contributed by atoms with Crippen molar-refractivity contribution in [3.8, 4) is 0 Å². The quantitative estimate of drug-likeness (QED) is 0.588. The summed E-state index contributed by atoms with van der Waals surface area (Å²) in [5.41, 5.74) is 1.56. The van der Waals surface area contributed by atoms with E-state index >= 15 is 0 Å². The van der Waals surface area contributed by atoms with Crippen molar-refractivity contribution in [1.82, 2.24) is 14.8 Å². The second-order valence-corrected chi connectivity index (χ2v) is 7.41. The fraction of sp³-hybridized carbons (Fsp3) is 0.350. The lowest BCUT2D eigenvalue weighted by Crippen LogP contribution is -2.50. The molecule has 1 aliphatic rings. The van der Waals surface area contributed by atoms with Crippen molar-refractivity contribution in [3.63, 3.8) is 0 Å². The van der Waals surface area contributed by atoms with Crippen molar-refractivity contribution in [2.24, 2.45) is 0 Å². The summed E-state index contributed by atoms with van der Waals surface area (Å²) >= 11 is 1.41. The van der Waals surface area contributed by atoms with Gasteiger partial charge in [-0.15, -0.1) is 0 Å². The summed E-state index contributed by atoms with van der Waals surface area (Å²) in [6, 6.07) is 11.1. The van der Waals surface area contributed by atoms with Crippen LogP contribution in [0.2, 0.25) is 0 Å². The van der Waals surface area contributed by atoms with Crippen molar-refractivity contribution in [2.75, 3.05) is 32.8 Å². The minimum Gasteiger partial charge on any atom is -0.455 e. The molecule has 2 aromatic heterocycles. The molecule has 0 unspecified atom stereocenters. The van der Waals surface area contributed by atoms with Gasteiger partial charge in [-0.2, -0.15) is 0 Å². The van der Waals surface area contributed by atoms with Crippen LogP contribution in [0.1, 0.15) is 23.2 Å². The molecule has 1 saturated heterocycles. The van der Waals surface area contributed by atoms with Gasteiger partial charge in [-0.05, 0) is 31.2 Å². The molecule has 0 spiro atoms. The van der Waals surface area contributed by atoms with E-state index in [1.54, 1.807) is 28.9 Å². The average Bonchev–Trinajstić information content (AvgIpc) is 3.38. The van der Waals surface area contributed by atoms with E-state index in [1.165, 1.54) is 11.8 Å². The summed E-state index contributed by atoms with van der Waals surface area (Å²) in [6.07, 6.45) is -0.337. The van der Waals surface area contributed by atoms with Crippen molar-refractivity contribution in [2.45, 2.75) is 17.9 Å². The summed E-state index contributed by atoms with van der Waals surface area (Å²) in [5.74, 6) is 1.30. The summed E-state index contributed by atoms with van der Waals surface area (Å²) in [4.78, 5) is 32.1. The SMILES string of the molecule is CCOC(=O)N1CCN(C(=O)c2ccc(CSc3nc4ccccc4o3)o2)CC1. The third-order valence-corrected chi connectivity index (χ3v) is 5.43. The van der Waals surface area contributed by atoms with Crippen LogP contribution in [0, 0.1) is 0 Å². The minimum atomic E-state index is -0.337. The Balaban J connectivity index is 1.31. The van der Waals surface area contributed by atoms with Crippen molar-refractivity contribution >= 4 is 34.9 Å². The van der Waals surface area contributed by atoms with Gasteiger partial charge in [-0.25, -0.2) is 9.78 Å². The Labute approximate surface area is 171 Å². The highest BCUT2D eigenvalue weighted by Crippen LogP contribution is 2.27. The molecular weight excluding hydrogens is 394 g/mol. The van der Waals surface area contributed by atoms with E-state index < -0.39 is 0 Å². The molecule has 3 aromatic rings. The van der Waals surface area contributed by atoms with Gasteiger partial charge in [0.15, 0.2) is 11.3 Å². The van der Waals surface area contributed by atoms with E-state index in [1.807, 2.05) is 24.3 Å². The zero-order valence-electron chi connectivity index (χ0n) is 16.0. The summed E-state index contributed by atoms with van der Waals surface area (Å²) in [7, 11) is 0. The van der Waals surface area contributed by atoms with Crippen molar-refractivity contribution in [1.29, 1.82) is 0 Å². The number of piperazine rings is 1. The third-order valence-electron chi connectivity index (χ3n) is 4.58. The molecule has 1 aromatic carbocycles. The molecule has 3 heterocycles. The van der Waals surface area contributed by atoms with Crippen LogP contribution < -0.4 is 0 Å². The highest BCUT2D eigenvalue weighted by Gasteiger charge is 2.27. The Morgan fingerprint density at radius 3 is 2.59 bits per heavy atom. The number of thioether (sulfide) groups is 1. The van der Waals surface area contributed by atoms with E-state index in [0.717, 1.165) is 11.1 Å². The lowest BCUT2D eigenvalue weighted by atomic mass is 10.3. The second kappa shape index (κ2) is 8.60. The number of hydrogen-bond donors (Lipinski definition) is 0. The number of carbonyl (C=O) groups is 2. The number of fused-ring (bicyclic) bond motifs is 1. The number of aromatic nitrogens is 1. The smallest absolute Gasteiger partial charge is 0.409 e. The summed E-state index contributed by atoms with van der Waals surface area (Å²) in [6.45, 7) is 3.91. The number of amides is 2. The van der Waals surface area contributed by atoms with E-state index in [0.29, 0.717) is 55.3 Å². The molecule has 0 bridgehead atoms. The van der Waals surface area contributed by atoms with Gasteiger partial charge in [0.1, 0.15) is 11.3 Å². The molecule has 2 amide bonds. The Hall–Kier alpha value is -2.94. The maximum atomic E-state index is 12.7. The molecule has 0 atom stereocenters. The molecule has 4 rings (SSSR count). The first-order valence-electron chi connectivity index (χ1n) is 9.42. The second-order valence-electron chi connectivity index (χ2n) is 6.48. The first-order chi connectivity index (χ1) is 14.1. The van der Waals surface area contributed by atoms with Crippen LogP contribution in [-0.4, -0.2) is 59.6 Å². The van der Waals surface area contributed by atoms with Gasteiger partial charge in [0, 0.05) is 26.2 Å². The maximum Gasteiger partial charge on any atom is 0.409 e. The molecule has 0 saturated carbocycles. The van der Waals surface area contributed by atoms with Crippen LogP contribution in [0.5, 0.6) is 0 Å². The first kappa shape index (κ1) is 19.4. The number of para-hydroxylation sites is 2. The number of rotatable bonds is 5. The maximum absolute atomic E-state index is 12.7. The number of nitrogens with zero attached hydrogens (tertiary/aromatic N) is 3. The zero-order valence-corrected chi connectivity index (χ0v) is 16.8. The normalized spacial score (nSPS) is 14.4. The van der Waals surface area contributed by atoms with Crippen LogP contribution in [0.4, 0.5) is 4.79 Å². The summed E-state index contributed by atoms with van der Waals surface area (Å²) < 4.78 is 16.4. The van der Waals surface area contributed by atoms with Gasteiger partial charge < -0.3 is 23.4 Å². The molecule has 1 aliphatic heterocycles. The monoisotopic (exact) mass is 415 g/mol. The Kier molecular flexibility index (Phi) is 5.75. The molecule has 29 heavy (non-hydrogen) atoms. The number of ether oxygens (including phenoxy) is 1. The van der Waals surface area contributed by atoms with E-state index in [2.05, 4.69) is 4.98 Å². The van der Waals surface area contributed by atoms with Crippen molar-refractivity contribution < 1.29 is 23.2 Å². The Bertz CT molecular complexity index is 973. The molecular formula is C20H21N3O5S. The zero-order chi connectivity index (χ0) is 20.2. The number of carbonyl (C=O) groups excluding carboxylic acids is 2. The molecule has 8 nitrogen and oxygen atoms in total. The van der Waals surface area contributed by atoms with Crippen LogP contribution in [0.25, 0.3) is 11.1 Å². The lowest BCUT2D eigenvalue weighted by molar-refractivity contribution is 0.0545. The van der Waals surface area contributed by atoms with Crippen LogP contribution in [-0.2, 0) is 10.5 Å². The molecule has 0 aliphatic carbocycles. The van der Waals surface area contributed by atoms with Gasteiger partial charge in [-0.3, -0.25) is 4.79 Å². The lowest BCUT2D eigenvalue weighted by Gasteiger charge is -2.33. The minimum absolute atomic E-state index is 0.174. The highest BCUT2D eigenvalue weighted by atomic mass is 32.2. The highest BCUT2D eigenvalue weighted by molar-refractivity contribution is 7.98. The number of hydrogen-bond acceptors (Lipinski definition) is 7. The number of furan rings is 1. The molecule has 1 fully saturated rings. The number of oxazole rings is 1. The predicted octanol–water partition coefficient (Wildman–Crippen LogP) is 3.63. The average molecular weight is 415 g/mol. The largest absolute Gasteiger partial charge is 0.455 e. The topological polar surface area (TPSA) is 89.0 Å². The fourth-order valence-electron chi connectivity index (χ4n) is 3.08. The Morgan fingerprint density at radius 2 is 1.83 bits per heavy atom. The first-order valence-corrected chi connectivity index (χ1v) is 10.4. The van der Waals surface area contributed by atoms with E-state index in [-0.39, 0.29) is 12.0 Å². The van der Waals surface area contributed by atoms with Gasteiger partial charge in [0.25, 0.3) is 11.1 Å². The fourth-order valence-corrected chi connectivity index (χ4v) is 3.81. The molecule has 9 heteroatoms. The predicted molar refractivity (Wildman–Crippen MR) is 107 cm³/mol. The number of benzene rings is 1. The van der Waals surface area contributed by atoms with Gasteiger partial charge in [0.2, 0.25) is 0 Å². The van der Waals surface area contributed by atoms with Gasteiger partial charge in [0.05, 0.1) is 12.4 Å². The van der Waals surface area contributed by atoms with Crippen LogP contribution >= 0.6 is 11.8 Å². The van der Waals surface area contributed by atoms with E-state index in [9.17, 15) is 9.59 Å². The van der Waals surface area contributed by atoms with Crippen LogP contribution in [0.3, 0.4) is 0 Å². The van der Waals surface area contributed by atoms with Gasteiger partial charge in [-0.1, -0.05) is 23.9 Å². The molecule has 0 N–H and O–H groups in total. The molecule has 0 radical (unpaired) electrons. The standard InChI is InChI=1S/C20H21N3O5S/c1-2-26-20(25)23-11-9-22(10-12-23)18(24)17-8-7-14(27-17)13-29-19-21-15-5-3-4-6-16(15)28-19/h3-8H,2,9-13H2,1H3. The molecule has 152 valence electrons. The van der Waals surface area contributed by atoms with Crippen LogP contribution in [0.15, 0.2) is 50.5 Å². The Morgan fingerprint density at radius 1 is 1.07 bits per heavy atom. The summed E-state index contributed by atoms with van der Waals surface area (Å²) in [5, 5.41) is 0.561. The van der Waals surface area contributed by atoms with Crippen molar-refractivity contribution in [3.05, 3.63) is 47.9 Å². The third kappa shape index (κ3) is 4.40. The van der Waals surface area contributed by atoms with E-state index in [4.69, 9.17) is 13.6 Å². The van der Waals surface area contributed by atoms with Gasteiger partial charge >= 0.3 is 6.09 Å².